The van der Waals surface area contributed by atoms with Gasteiger partial charge in [-0.15, -0.1) is 0 Å². The van der Waals surface area contributed by atoms with E-state index in [1.165, 1.54) is 6.07 Å². The minimum atomic E-state index is -0.267. The summed E-state index contributed by atoms with van der Waals surface area (Å²) in [4.78, 5) is 29.7. The van der Waals surface area contributed by atoms with Crippen molar-refractivity contribution in [1.82, 2.24) is 19.9 Å². The maximum Gasteiger partial charge on any atom is 0.251 e. The maximum atomic E-state index is 12.5. The van der Waals surface area contributed by atoms with Gasteiger partial charge >= 0.3 is 0 Å². The summed E-state index contributed by atoms with van der Waals surface area (Å²) in [5.41, 5.74) is 5.79. The van der Waals surface area contributed by atoms with Gasteiger partial charge in [-0.1, -0.05) is 66.2 Å². The molecule has 3 aromatic heterocycles. The Balaban J connectivity index is 1.64. The lowest BCUT2D eigenvalue weighted by Gasteiger charge is -2.14. The zero-order chi connectivity index (χ0) is 23.8. The molecule has 0 aliphatic heterocycles. The van der Waals surface area contributed by atoms with Crippen LogP contribution in [0.2, 0.25) is 5.02 Å². The van der Waals surface area contributed by atoms with E-state index in [0.717, 1.165) is 27.7 Å². The molecule has 0 radical (unpaired) electrons. The maximum absolute atomic E-state index is 12.5. The molecule has 0 spiro atoms. The summed E-state index contributed by atoms with van der Waals surface area (Å²) in [6, 6.07) is 28.6. The van der Waals surface area contributed by atoms with E-state index in [4.69, 9.17) is 21.6 Å². The number of fused-ring (bicyclic) bond motifs is 2. The predicted molar refractivity (Wildman–Crippen MR) is 141 cm³/mol. The molecule has 3 heterocycles. The van der Waals surface area contributed by atoms with Crippen LogP contribution in [0.4, 0.5) is 11.4 Å². The number of aromatic amines is 1. The molecule has 0 atom stereocenters. The molecule has 35 heavy (non-hydrogen) atoms. The second-order valence-electron chi connectivity index (χ2n) is 8.06. The van der Waals surface area contributed by atoms with Crippen LogP contribution >= 0.6 is 11.6 Å². The van der Waals surface area contributed by atoms with Crippen LogP contribution < -0.4 is 10.9 Å². The molecule has 0 saturated carbocycles. The van der Waals surface area contributed by atoms with Crippen LogP contribution in [0.15, 0.2) is 102 Å². The first-order valence-electron chi connectivity index (χ1n) is 11.0. The standard InChI is InChI=1S/C28H18ClN5O/c29-21-15-19(14-18-10-7-13-30-24(18)21)26-25(17-8-3-1-4-9-17)34-28-27(33-26)22(16-23(35)32-28)31-20-11-5-2-6-12-20/h1-16H,(H2,31,32,34,35). The van der Waals surface area contributed by atoms with Crippen LogP contribution in [0, 0.1) is 0 Å². The molecule has 7 heteroatoms. The number of hydrogen-bond donors (Lipinski definition) is 2. The van der Waals surface area contributed by atoms with Crippen molar-refractivity contribution in [2.75, 3.05) is 5.32 Å². The van der Waals surface area contributed by atoms with Crippen molar-refractivity contribution in [1.29, 1.82) is 0 Å². The van der Waals surface area contributed by atoms with Crippen molar-refractivity contribution < 1.29 is 0 Å². The first-order chi connectivity index (χ1) is 17.2. The average Bonchev–Trinajstić information content (AvgIpc) is 2.89. The zero-order valence-electron chi connectivity index (χ0n) is 18.4. The highest BCUT2D eigenvalue weighted by Crippen LogP contribution is 2.35. The Morgan fingerprint density at radius 1 is 0.743 bits per heavy atom. The number of nitrogens with one attached hydrogen (secondary N) is 2. The SMILES string of the molecule is O=c1cc(Nc2ccccc2)c2nc(-c3cc(Cl)c4ncccc4c3)c(-c3ccccc3)nc2[nH]1. The molecule has 6 nitrogen and oxygen atoms in total. The molecule has 0 bridgehead atoms. The van der Waals surface area contributed by atoms with Gasteiger partial charge in [-0.3, -0.25) is 9.78 Å². The Hall–Kier alpha value is -4.55. The number of hydrogen-bond acceptors (Lipinski definition) is 5. The smallest absolute Gasteiger partial charge is 0.251 e. The number of H-pyrrole nitrogens is 1. The second-order valence-corrected chi connectivity index (χ2v) is 8.46. The van der Waals surface area contributed by atoms with Crippen molar-refractivity contribution in [3.8, 4) is 22.5 Å². The molecule has 0 saturated heterocycles. The summed E-state index contributed by atoms with van der Waals surface area (Å²) in [7, 11) is 0. The normalized spacial score (nSPS) is 11.1. The Kier molecular flexibility index (Phi) is 5.20. The van der Waals surface area contributed by atoms with Crippen molar-refractivity contribution >= 4 is 45.0 Å². The molecule has 0 fully saturated rings. The van der Waals surface area contributed by atoms with Crippen LogP contribution in [0.1, 0.15) is 0 Å². The summed E-state index contributed by atoms with van der Waals surface area (Å²) in [6.07, 6.45) is 1.72. The Bertz CT molecular complexity index is 1750. The van der Waals surface area contributed by atoms with Crippen LogP contribution in [0.5, 0.6) is 0 Å². The lowest BCUT2D eigenvalue weighted by Crippen LogP contribution is -2.09. The van der Waals surface area contributed by atoms with Gasteiger partial charge in [-0.2, -0.15) is 0 Å². The molecule has 3 aromatic carbocycles. The van der Waals surface area contributed by atoms with Gasteiger partial charge in [-0.25, -0.2) is 9.97 Å². The minimum absolute atomic E-state index is 0.267. The second kappa shape index (κ2) is 8.66. The van der Waals surface area contributed by atoms with E-state index in [-0.39, 0.29) is 5.56 Å². The highest BCUT2D eigenvalue weighted by Gasteiger charge is 2.18. The summed E-state index contributed by atoms with van der Waals surface area (Å²) < 4.78 is 0. The quantitative estimate of drug-likeness (QED) is 0.300. The summed E-state index contributed by atoms with van der Waals surface area (Å²) in [5, 5.41) is 4.74. The van der Waals surface area contributed by atoms with E-state index < -0.39 is 0 Å². The van der Waals surface area contributed by atoms with E-state index >= 15 is 0 Å². The zero-order valence-corrected chi connectivity index (χ0v) is 19.1. The third-order valence-electron chi connectivity index (χ3n) is 5.70. The number of pyridine rings is 2. The number of rotatable bonds is 4. The van der Waals surface area contributed by atoms with E-state index in [1.54, 1.807) is 6.20 Å². The van der Waals surface area contributed by atoms with Crippen LogP contribution in [0.25, 0.3) is 44.6 Å². The number of benzene rings is 3. The van der Waals surface area contributed by atoms with E-state index in [1.807, 2.05) is 84.9 Å². The van der Waals surface area contributed by atoms with E-state index in [2.05, 4.69) is 15.3 Å². The summed E-state index contributed by atoms with van der Waals surface area (Å²) >= 11 is 6.62. The highest BCUT2D eigenvalue weighted by atomic mass is 35.5. The molecule has 6 rings (SSSR count). The van der Waals surface area contributed by atoms with Crippen LogP contribution in [-0.4, -0.2) is 19.9 Å². The Labute approximate surface area is 205 Å². The fourth-order valence-corrected chi connectivity index (χ4v) is 4.39. The minimum Gasteiger partial charge on any atom is -0.353 e. The average molecular weight is 476 g/mol. The molecular weight excluding hydrogens is 458 g/mol. The third kappa shape index (κ3) is 4.00. The van der Waals surface area contributed by atoms with Crippen molar-refractivity contribution in [2.24, 2.45) is 0 Å². The number of para-hydroxylation sites is 1. The number of aromatic nitrogens is 4. The highest BCUT2D eigenvalue weighted by molar-refractivity contribution is 6.35. The van der Waals surface area contributed by atoms with Crippen LogP contribution in [-0.2, 0) is 0 Å². The largest absolute Gasteiger partial charge is 0.353 e. The van der Waals surface area contributed by atoms with Gasteiger partial charge in [-0.05, 0) is 30.3 Å². The fourth-order valence-electron chi connectivity index (χ4n) is 4.12. The molecule has 0 aliphatic carbocycles. The lowest BCUT2D eigenvalue weighted by molar-refractivity contribution is 1.19. The van der Waals surface area contributed by atoms with Crippen molar-refractivity contribution in [2.45, 2.75) is 0 Å². The Morgan fingerprint density at radius 3 is 2.29 bits per heavy atom. The van der Waals surface area contributed by atoms with Gasteiger partial charge in [0.1, 0.15) is 5.52 Å². The van der Waals surface area contributed by atoms with Gasteiger partial charge in [0.25, 0.3) is 5.56 Å². The van der Waals surface area contributed by atoms with E-state index in [0.29, 0.717) is 33.3 Å². The number of halogens is 1. The predicted octanol–water partition coefficient (Wildman–Crippen LogP) is 6.60. The molecular formula is C28H18ClN5O. The molecule has 0 aliphatic rings. The summed E-state index contributed by atoms with van der Waals surface area (Å²) in [6.45, 7) is 0. The van der Waals surface area contributed by atoms with Gasteiger partial charge < -0.3 is 10.3 Å². The van der Waals surface area contributed by atoms with Gasteiger partial charge in [0.05, 0.1) is 27.6 Å². The third-order valence-corrected chi connectivity index (χ3v) is 5.99. The first kappa shape index (κ1) is 21.0. The number of nitrogens with zero attached hydrogens (tertiary/aromatic N) is 3. The molecule has 0 unspecified atom stereocenters. The van der Waals surface area contributed by atoms with Crippen LogP contribution in [0.3, 0.4) is 0 Å². The Morgan fingerprint density at radius 2 is 1.49 bits per heavy atom. The molecule has 0 amide bonds. The summed E-state index contributed by atoms with van der Waals surface area (Å²) in [5.74, 6) is 0. The monoisotopic (exact) mass is 475 g/mol. The van der Waals surface area contributed by atoms with Crippen molar-refractivity contribution in [3.63, 3.8) is 0 Å². The van der Waals surface area contributed by atoms with Crippen molar-refractivity contribution in [3.05, 3.63) is 113 Å². The molecule has 168 valence electrons. The van der Waals surface area contributed by atoms with E-state index in [9.17, 15) is 4.79 Å². The van der Waals surface area contributed by atoms with Gasteiger partial charge in [0, 0.05) is 34.5 Å². The van der Waals surface area contributed by atoms with Gasteiger partial charge in [0.2, 0.25) is 0 Å². The first-order valence-corrected chi connectivity index (χ1v) is 11.4. The fraction of sp³-hybridized carbons (Fsp3) is 0. The lowest BCUT2D eigenvalue weighted by atomic mass is 10.0. The molecule has 6 aromatic rings. The van der Waals surface area contributed by atoms with Gasteiger partial charge in [0.15, 0.2) is 5.65 Å². The number of anilines is 2. The molecule has 2 N–H and O–H groups in total. The topological polar surface area (TPSA) is 83.6 Å².